The molecule has 0 radical (unpaired) electrons. The highest BCUT2D eigenvalue weighted by Gasteiger charge is 2.04. The van der Waals surface area contributed by atoms with Crippen LogP contribution in [0.3, 0.4) is 0 Å². The molecule has 3 N–H and O–H groups in total. The van der Waals surface area contributed by atoms with Gasteiger partial charge in [0.1, 0.15) is 5.69 Å². The first-order chi connectivity index (χ1) is 8.24. The Balaban J connectivity index is 2.27. The topological polar surface area (TPSA) is 91.7 Å². The summed E-state index contributed by atoms with van der Waals surface area (Å²) < 4.78 is 5.06. The van der Waals surface area contributed by atoms with Crippen LogP contribution in [-0.4, -0.2) is 47.5 Å². The van der Waals surface area contributed by atoms with Gasteiger partial charge in [-0.05, 0) is 12.1 Å². The van der Waals surface area contributed by atoms with Gasteiger partial charge in [-0.15, -0.1) is 0 Å². The van der Waals surface area contributed by atoms with Gasteiger partial charge in [0.25, 0.3) is 0 Å². The fourth-order valence-electron chi connectivity index (χ4n) is 1.22. The molecule has 0 fully saturated rings. The summed E-state index contributed by atoms with van der Waals surface area (Å²) in [6, 6.07) is 4.87. The molecule has 0 saturated carbocycles. The van der Waals surface area contributed by atoms with Crippen molar-refractivity contribution in [2.75, 3.05) is 26.4 Å². The zero-order valence-electron chi connectivity index (χ0n) is 9.43. The minimum absolute atomic E-state index is 0.0161. The molecule has 94 valence electrons. The summed E-state index contributed by atoms with van der Waals surface area (Å²) in [6.45, 7) is 1.96. The van der Waals surface area contributed by atoms with Gasteiger partial charge in [0.2, 0.25) is 0 Å². The summed E-state index contributed by atoms with van der Waals surface area (Å²) in [7, 11) is 0. The first-order valence-corrected chi connectivity index (χ1v) is 5.32. The monoisotopic (exact) mass is 240 g/mol. The lowest BCUT2D eigenvalue weighted by atomic mass is 10.3. The van der Waals surface area contributed by atoms with Crippen LogP contribution in [0.25, 0.3) is 0 Å². The lowest BCUT2D eigenvalue weighted by Crippen LogP contribution is -2.21. The zero-order valence-corrected chi connectivity index (χ0v) is 9.43. The molecule has 0 bridgehead atoms. The molecule has 0 aliphatic heterocycles. The Morgan fingerprint density at radius 1 is 1.41 bits per heavy atom. The second-order valence-corrected chi connectivity index (χ2v) is 3.33. The molecule has 0 aliphatic carbocycles. The van der Waals surface area contributed by atoms with Crippen LogP contribution >= 0.6 is 0 Å². The Labute approximate surface area is 99.3 Å². The number of ether oxygens (including phenoxy) is 1. The van der Waals surface area contributed by atoms with Crippen molar-refractivity contribution in [1.82, 2.24) is 10.3 Å². The predicted molar refractivity (Wildman–Crippen MR) is 60.8 cm³/mol. The summed E-state index contributed by atoms with van der Waals surface area (Å²) in [4.78, 5) is 14.6. The predicted octanol–water partition coefficient (Wildman–Crippen LogP) is -0.122. The van der Waals surface area contributed by atoms with Gasteiger partial charge in [0.05, 0.1) is 25.5 Å². The second kappa shape index (κ2) is 7.72. The number of hydrogen-bond acceptors (Lipinski definition) is 5. The summed E-state index contributed by atoms with van der Waals surface area (Å²) >= 11 is 0. The van der Waals surface area contributed by atoms with Crippen LogP contribution in [0.1, 0.15) is 16.2 Å². The highest BCUT2D eigenvalue weighted by Crippen LogP contribution is 1.99. The number of aromatic nitrogens is 1. The summed E-state index contributed by atoms with van der Waals surface area (Å²) in [5.41, 5.74) is 0.716. The van der Waals surface area contributed by atoms with Crippen LogP contribution in [0, 0.1) is 0 Å². The molecule has 0 aromatic carbocycles. The number of aromatic carboxylic acids is 1. The van der Waals surface area contributed by atoms with E-state index in [9.17, 15) is 4.79 Å². The molecule has 6 heteroatoms. The highest BCUT2D eigenvalue weighted by molar-refractivity contribution is 5.85. The first kappa shape index (κ1) is 13.6. The maximum absolute atomic E-state index is 10.7. The number of rotatable bonds is 8. The number of carbonyl (C=O) groups is 1. The third-order valence-electron chi connectivity index (χ3n) is 1.99. The average Bonchev–Trinajstić information content (AvgIpc) is 2.34. The van der Waals surface area contributed by atoms with Gasteiger partial charge >= 0.3 is 5.97 Å². The lowest BCUT2D eigenvalue weighted by molar-refractivity contribution is 0.0690. The molecular weight excluding hydrogens is 224 g/mol. The van der Waals surface area contributed by atoms with E-state index in [0.29, 0.717) is 32.0 Å². The Hall–Kier alpha value is -1.50. The van der Waals surface area contributed by atoms with Crippen molar-refractivity contribution in [2.45, 2.75) is 6.54 Å². The van der Waals surface area contributed by atoms with Crippen LogP contribution in [0.15, 0.2) is 18.2 Å². The minimum atomic E-state index is -1.03. The summed E-state index contributed by atoms with van der Waals surface area (Å²) in [5.74, 6) is -1.03. The molecule has 1 heterocycles. The first-order valence-electron chi connectivity index (χ1n) is 5.32. The van der Waals surface area contributed by atoms with Crippen LogP contribution in [0.4, 0.5) is 0 Å². The van der Waals surface area contributed by atoms with Gasteiger partial charge in [0, 0.05) is 13.1 Å². The molecule has 0 atom stereocenters. The van der Waals surface area contributed by atoms with Crippen molar-refractivity contribution < 1.29 is 19.7 Å². The second-order valence-electron chi connectivity index (χ2n) is 3.33. The summed E-state index contributed by atoms with van der Waals surface area (Å²) in [6.07, 6.45) is 0. The minimum Gasteiger partial charge on any atom is -0.477 e. The molecule has 0 spiro atoms. The maximum atomic E-state index is 10.7. The van der Waals surface area contributed by atoms with Gasteiger partial charge in [0.15, 0.2) is 0 Å². The van der Waals surface area contributed by atoms with Crippen LogP contribution in [0.2, 0.25) is 0 Å². The van der Waals surface area contributed by atoms with Crippen LogP contribution in [0.5, 0.6) is 0 Å². The van der Waals surface area contributed by atoms with E-state index in [1.807, 2.05) is 0 Å². The van der Waals surface area contributed by atoms with Gasteiger partial charge in [-0.25, -0.2) is 9.78 Å². The SMILES string of the molecule is O=C(O)c1cccc(CNCCOCCO)n1. The Bertz CT molecular complexity index is 357. The van der Waals surface area contributed by atoms with Crippen molar-refractivity contribution in [2.24, 2.45) is 0 Å². The molecule has 1 aromatic heterocycles. The van der Waals surface area contributed by atoms with Crippen molar-refractivity contribution >= 4 is 5.97 Å². The number of hydrogen-bond donors (Lipinski definition) is 3. The fraction of sp³-hybridized carbons (Fsp3) is 0.455. The molecule has 17 heavy (non-hydrogen) atoms. The summed E-state index contributed by atoms with van der Waals surface area (Å²) in [5, 5.41) is 20.3. The molecule has 1 aromatic rings. The van der Waals surface area contributed by atoms with Gasteiger partial charge in [-0.3, -0.25) is 0 Å². The molecule has 0 unspecified atom stereocenters. The molecule has 0 amide bonds. The van der Waals surface area contributed by atoms with E-state index in [0.717, 1.165) is 0 Å². The van der Waals surface area contributed by atoms with Gasteiger partial charge < -0.3 is 20.3 Å². The van der Waals surface area contributed by atoms with Crippen molar-refractivity contribution in [3.8, 4) is 0 Å². The van der Waals surface area contributed by atoms with Crippen molar-refractivity contribution in [3.63, 3.8) is 0 Å². The number of aliphatic hydroxyl groups is 1. The molecule has 6 nitrogen and oxygen atoms in total. The number of carboxylic acids is 1. The van der Waals surface area contributed by atoms with Crippen molar-refractivity contribution in [1.29, 1.82) is 0 Å². The molecule has 0 aliphatic rings. The maximum Gasteiger partial charge on any atom is 0.354 e. The van der Waals surface area contributed by atoms with Gasteiger partial charge in [-0.2, -0.15) is 0 Å². The number of nitrogens with one attached hydrogen (secondary N) is 1. The van der Waals surface area contributed by atoms with E-state index in [1.54, 1.807) is 12.1 Å². The Morgan fingerprint density at radius 3 is 2.94 bits per heavy atom. The van der Waals surface area contributed by atoms with Crippen LogP contribution in [-0.2, 0) is 11.3 Å². The molecule has 0 saturated heterocycles. The van der Waals surface area contributed by atoms with Crippen molar-refractivity contribution in [3.05, 3.63) is 29.6 Å². The van der Waals surface area contributed by atoms with Gasteiger partial charge in [-0.1, -0.05) is 6.07 Å². The zero-order chi connectivity index (χ0) is 12.5. The van der Waals surface area contributed by atoms with E-state index < -0.39 is 5.97 Å². The molecule has 1 rings (SSSR count). The Morgan fingerprint density at radius 2 is 2.24 bits per heavy atom. The lowest BCUT2D eigenvalue weighted by Gasteiger charge is -2.05. The fourth-order valence-corrected chi connectivity index (χ4v) is 1.22. The standard InChI is InChI=1S/C11H16N2O4/c14-5-7-17-6-4-12-8-9-2-1-3-10(13-9)11(15)16/h1-3,12,14H,4-8H2,(H,15,16). The highest BCUT2D eigenvalue weighted by atomic mass is 16.5. The van der Waals surface area contributed by atoms with E-state index in [4.69, 9.17) is 14.9 Å². The Kier molecular flexibility index (Phi) is 6.16. The third kappa shape index (κ3) is 5.39. The third-order valence-corrected chi connectivity index (χ3v) is 1.99. The van der Waals surface area contributed by atoms with Crippen LogP contribution < -0.4 is 5.32 Å². The quantitative estimate of drug-likeness (QED) is 0.549. The van der Waals surface area contributed by atoms with E-state index in [-0.39, 0.29) is 12.3 Å². The average molecular weight is 240 g/mol. The van der Waals surface area contributed by atoms with E-state index in [1.165, 1.54) is 6.07 Å². The van der Waals surface area contributed by atoms with E-state index in [2.05, 4.69) is 10.3 Å². The number of aliphatic hydroxyl groups excluding tert-OH is 1. The largest absolute Gasteiger partial charge is 0.477 e. The smallest absolute Gasteiger partial charge is 0.354 e. The number of nitrogens with zero attached hydrogens (tertiary/aromatic N) is 1. The van der Waals surface area contributed by atoms with E-state index >= 15 is 0 Å². The number of carboxylic acid groups (broad SMARTS) is 1. The molecular formula is C11H16N2O4. The normalized spacial score (nSPS) is 10.4. The number of pyridine rings is 1.